The number of aryl methyl sites for hydroxylation is 1. The highest BCUT2D eigenvalue weighted by Gasteiger charge is 2.13. The second-order valence-electron chi connectivity index (χ2n) is 4.46. The van der Waals surface area contributed by atoms with Gasteiger partial charge in [0, 0.05) is 0 Å². The van der Waals surface area contributed by atoms with Gasteiger partial charge in [-0.1, -0.05) is 66.2 Å². The summed E-state index contributed by atoms with van der Waals surface area (Å²) in [6, 6.07) is 16.8. The van der Waals surface area contributed by atoms with Crippen molar-refractivity contribution in [3.8, 4) is 0 Å². The van der Waals surface area contributed by atoms with Gasteiger partial charge < -0.3 is 5.11 Å². The van der Waals surface area contributed by atoms with Crippen molar-refractivity contribution >= 4 is 11.9 Å². The number of benzene rings is 2. The van der Waals surface area contributed by atoms with Gasteiger partial charge in [0.05, 0.1) is 0 Å². The van der Waals surface area contributed by atoms with Crippen LogP contribution >= 0.6 is 0 Å². The Morgan fingerprint density at radius 3 is 2.32 bits per heavy atom. The van der Waals surface area contributed by atoms with Gasteiger partial charge in [0.1, 0.15) is 6.10 Å². The number of carbonyl (C=O) groups excluding carboxylic acids is 1. The smallest absolute Gasteiger partial charge is 0.188 e. The number of aliphatic hydroxyl groups is 1. The van der Waals surface area contributed by atoms with E-state index in [1.165, 1.54) is 6.08 Å². The molecule has 2 nitrogen and oxygen atoms in total. The standard InChI is InChI=1S/C17H16O2/c1-13-7-10-15(11-8-13)17(19)16(18)12-9-14-5-3-2-4-6-14/h2-12,17,19H,1H3. The van der Waals surface area contributed by atoms with E-state index in [1.807, 2.05) is 49.4 Å². The largest absolute Gasteiger partial charge is 0.380 e. The summed E-state index contributed by atoms with van der Waals surface area (Å²) in [5, 5.41) is 9.96. The van der Waals surface area contributed by atoms with Crippen molar-refractivity contribution in [2.24, 2.45) is 0 Å². The molecule has 0 bridgehead atoms. The minimum Gasteiger partial charge on any atom is -0.380 e. The van der Waals surface area contributed by atoms with Crippen molar-refractivity contribution in [3.63, 3.8) is 0 Å². The zero-order valence-electron chi connectivity index (χ0n) is 10.8. The third-order valence-corrected chi connectivity index (χ3v) is 2.90. The molecular weight excluding hydrogens is 236 g/mol. The molecule has 0 spiro atoms. The lowest BCUT2D eigenvalue weighted by Gasteiger charge is -2.07. The average Bonchev–Trinajstić information content (AvgIpc) is 2.46. The Labute approximate surface area is 113 Å². The molecule has 2 aromatic rings. The second-order valence-corrected chi connectivity index (χ2v) is 4.46. The Morgan fingerprint density at radius 2 is 1.68 bits per heavy atom. The van der Waals surface area contributed by atoms with E-state index >= 15 is 0 Å². The summed E-state index contributed by atoms with van der Waals surface area (Å²) >= 11 is 0. The van der Waals surface area contributed by atoms with E-state index in [9.17, 15) is 9.90 Å². The summed E-state index contributed by atoms with van der Waals surface area (Å²) in [6.07, 6.45) is 2.03. The minimum atomic E-state index is -1.10. The number of carbonyl (C=O) groups is 1. The summed E-state index contributed by atoms with van der Waals surface area (Å²) in [6.45, 7) is 1.97. The molecule has 2 rings (SSSR count). The third kappa shape index (κ3) is 3.63. The first kappa shape index (κ1) is 13.2. The highest BCUT2D eigenvalue weighted by atomic mass is 16.3. The van der Waals surface area contributed by atoms with Gasteiger partial charge in [-0.3, -0.25) is 4.79 Å². The van der Waals surface area contributed by atoms with E-state index in [-0.39, 0.29) is 5.78 Å². The quantitative estimate of drug-likeness (QED) is 0.848. The minimum absolute atomic E-state index is 0.312. The molecule has 0 saturated heterocycles. The molecule has 1 unspecified atom stereocenters. The SMILES string of the molecule is Cc1ccc(C(O)C(=O)C=Cc2ccccc2)cc1. The van der Waals surface area contributed by atoms with Crippen molar-refractivity contribution in [1.29, 1.82) is 0 Å². The van der Waals surface area contributed by atoms with Crippen LogP contribution in [0, 0.1) is 6.92 Å². The van der Waals surface area contributed by atoms with Crippen molar-refractivity contribution in [2.75, 3.05) is 0 Å². The molecule has 96 valence electrons. The average molecular weight is 252 g/mol. The first-order chi connectivity index (χ1) is 9.16. The van der Waals surface area contributed by atoms with Crippen LogP contribution in [0.2, 0.25) is 0 Å². The molecule has 0 fully saturated rings. The van der Waals surface area contributed by atoms with Crippen LogP contribution in [0.25, 0.3) is 6.08 Å². The Balaban J connectivity index is 2.07. The predicted octanol–water partition coefficient (Wildman–Crippen LogP) is 3.31. The van der Waals surface area contributed by atoms with Crippen LogP contribution in [0.3, 0.4) is 0 Å². The van der Waals surface area contributed by atoms with Crippen molar-refractivity contribution < 1.29 is 9.90 Å². The Kier molecular flexibility index (Phi) is 4.26. The van der Waals surface area contributed by atoms with E-state index in [4.69, 9.17) is 0 Å². The van der Waals surface area contributed by atoms with Crippen LogP contribution in [0.15, 0.2) is 60.7 Å². The van der Waals surface area contributed by atoms with Crippen LogP contribution < -0.4 is 0 Å². The lowest BCUT2D eigenvalue weighted by Crippen LogP contribution is -2.08. The number of ketones is 1. The summed E-state index contributed by atoms with van der Waals surface area (Å²) < 4.78 is 0. The van der Waals surface area contributed by atoms with E-state index in [2.05, 4.69) is 0 Å². The van der Waals surface area contributed by atoms with Gasteiger partial charge in [-0.2, -0.15) is 0 Å². The third-order valence-electron chi connectivity index (χ3n) is 2.90. The maximum Gasteiger partial charge on any atom is 0.188 e. The van der Waals surface area contributed by atoms with Gasteiger partial charge in [-0.05, 0) is 24.1 Å². The van der Waals surface area contributed by atoms with E-state index in [0.717, 1.165) is 11.1 Å². The highest BCUT2D eigenvalue weighted by molar-refractivity contribution is 5.97. The van der Waals surface area contributed by atoms with Gasteiger partial charge in [-0.25, -0.2) is 0 Å². The molecule has 1 atom stereocenters. The second kappa shape index (κ2) is 6.12. The summed E-state index contributed by atoms with van der Waals surface area (Å²) in [7, 11) is 0. The molecule has 0 aromatic heterocycles. The van der Waals surface area contributed by atoms with Crippen LogP contribution in [0.4, 0.5) is 0 Å². The molecule has 0 heterocycles. The molecule has 0 aliphatic heterocycles. The first-order valence-corrected chi connectivity index (χ1v) is 6.18. The summed E-state index contributed by atoms with van der Waals surface area (Å²) in [5.74, 6) is -0.312. The van der Waals surface area contributed by atoms with E-state index in [0.29, 0.717) is 5.56 Å². The topological polar surface area (TPSA) is 37.3 Å². The zero-order chi connectivity index (χ0) is 13.7. The number of hydrogen-bond acceptors (Lipinski definition) is 2. The Morgan fingerprint density at radius 1 is 1.05 bits per heavy atom. The van der Waals surface area contributed by atoms with Crippen LogP contribution in [0.1, 0.15) is 22.8 Å². The van der Waals surface area contributed by atoms with Crippen LogP contribution in [-0.2, 0) is 4.79 Å². The maximum atomic E-state index is 11.9. The number of rotatable bonds is 4. The van der Waals surface area contributed by atoms with Crippen molar-refractivity contribution in [1.82, 2.24) is 0 Å². The predicted molar refractivity (Wildman–Crippen MR) is 76.6 cm³/mol. The molecular formula is C17H16O2. The van der Waals surface area contributed by atoms with Gasteiger partial charge in [0.2, 0.25) is 0 Å². The van der Waals surface area contributed by atoms with Crippen LogP contribution in [-0.4, -0.2) is 10.9 Å². The summed E-state index contributed by atoms with van der Waals surface area (Å²) in [4.78, 5) is 11.9. The number of aliphatic hydroxyl groups excluding tert-OH is 1. The molecule has 0 amide bonds. The van der Waals surface area contributed by atoms with Crippen molar-refractivity contribution in [2.45, 2.75) is 13.0 Å². The van der Waals surface area contributed by atoms with Gasteiger partial charge >= 0.3 is 0 Å². The monoisotopic (exact) mass is 252 g/mol. The van der Waals surface area contributed by atoms with Gasteiger partial charge in [0.25, 0.3) is 0 Å². The fraction of sp³-hybridized carbons (Fsp3) is 0.118. The first-order valence-electron chi connectivity index (χ1n) is 6.18. The Bertz CT molecular complexity index is 568. The fourth-order valence-electron chi connectivity index (χ4n) is 1.75. The maximum absolute atomic E-state index is 11.9. The van der Waals surface area contributed by atoms with Crippen LogP contribution in [0.5, 0.6) is 0 Å². The molecule has 1 N–H and O–H groups in total. The lowest BCUT2D eigenvalue weighted by atomic mass is 10.0. The molecule has 19 heavy (non-hydrogen) atoms. The molecule has 0 radical (unpaired) electrons. The zero-order valence-corrected chi connectivity index (χ0v) is 10.8. The molecule has 0 aliphatic rings. The van der Waals surface area contributed by atoms with E-state index < -0.39 is 6.10 Å². The lowest BCUT2D eigenvalue weighted by molar-refractivity contribution is -0.122. The van der Waals surface area contributed by atoms with Crippen molar-refractivity contribution in [3.05, 3.63) is 77.4 Å². The van der Waals surface area contributed by atoms with E-state index in [1.54, 1.807) is 18.2 Å². The molecule has 2 aromatic carbocycles. The molecule has 0 aliphatic carbocycles. The normalized spacial score (nSPS) is 12.5. The van der Waals surface area contributed by atoms with Gasteiger partial charge in [0.15, 0.2) is 5.78 Å². The summed E-state index contributed by atoms with van der Waals surface area (Å²) in [5.41, 5.74) is 2.66. The highest BCUT2D eigenvalue weighted by Crippen LogP contribution is 2.15. The molecule has 2 heteroatoms. The fourth-order valence-corrected chi connectivity index (χ4v) is 1.75. The Hall–Kier alpha value is -2.19. The van der Waals surface area contributed by atoms with Gasteiger partial charge in [-0.15, -0.1) is 0 Å². The molecule has 0 saturated carbocycles. The number of hydrogen-bond donors (Lipinski definition) is 1.